The molecule has 84 valence electrons. The Kier molecular flexibility index (Phi) is 3.37. The highest BCUT2D eigenvalue weighted by molar-refractivity contribution is 9.12. The number of aryl methyl sites for hydroxylation is 2. The maximum absolute atomic E-state index is 12.2. The van der Waals surface area contributed by atoms with Gasteiger partial charge in [-0.3, -0.25) is 4.79 Å². The van der Waals surface area contributed by atoms with Crippen molar-refractivity contribution in [3.63, 3.8) is 0 Å². The van der Waals surface area contributed by atoms with Gasteiger partial charge in [0.15, 0.2) is 5.78 Å². The lowest BCUT2D eigenvalue weighted by Gasteiger charge is -1.96. The number of carbonyl (C=O) groups is 1. The van der Waals surface area contributed by atoms with E-state index < -0.39 is 0 Å². The van der Waals surface area contributed by atoms with Gasteiger partial charge in [0, 0.05) is 5.56 Å². The van der Waals surface area contributed by atoms with Gasteiger partial charge in [0.25, 0.3) is 0 Å². The van der Waals surface area contributed by atoms with Crippen LogP contribution >= 0.6 is 43.2 Å². The summed E-state index contributed by atoms with van der Waals surface area (Å²) >= 11 is 8.23. The Labute approximate surface area is 114 Å². The summed E-state index contributed by atoms with van der Waals surface area (Å²) in [6, 6.07) is 3.59. The van der Waals surface area contributed by atoms with Gasteiger partial charge in [-0.05, 0) is 57.8 Å². The smallest absolute Gasteiger partial charge is 0.198 e. The molecule has 0 unspecified atom stereocenters. The molecule has 2 rings (SSSR count). The van der Waals surface area contributed by atoms with E-state index in [1.54, 1.807) is 13.0 Å². The van der Waals surface area contributed by atoms with Crippen LogP contribution in [0.15, 0.2) is 24.1 Å². The quantitative estimate of drug-likeness (QED) is 0.723. The summed E-state index contributed by atoms with van der Waals surface area (Å²) < 4.78 is 7.13. The van der Waals surface area contributed by atoms with Crippen LogP contribution in [-0.2, 0) is 0 Å². The van der Waals surface area contributed by atoms with Crippen molar-refractivity contribution < 1.29 is 9.21 Å². The van der Waals surface area contributed by atoms with Crippen molar-refractivity contribution in [1.82, 2.24) is 0 Å². The molecule has 0 saturated heterocycles. The Morgan fingerprint density at radius 2 is 1.94 bits per heavy atom. The van der Waals surface area contributed by atoms with Crippen LogP contribution in [0.4, 0.5) is 0 Å². The van der Waals surface area contributed by atoms with Gasteiger partial charge < -0.3 is 4.42 Å². The van der Waals surface area contributed by atoms with E-state index in [0.29, 0.717) is 16.9 Å². The Balaban J connectivity index is 2.46. The molecular formula is C11H8Br2O2S. The van der Waals surface area contributed by atoms with Gasteiger partial charge in [0.2, 0.25) is 0 Å². The minimum Gasteiger partial charge on any atom is -0.466 e. The lowest BCUT2D eigenvalue weighted by molar-refractivity contribution is 0.103. The van der Waals surface area contributed by atoms with E-state index >= 15 is 0 Å². The molecule has 0 saturated carbocycles. The molecule has 2 aromatic rings. The van der Waals surface area contributed by atoms with Crippen molar-refractivity contribution in [3.8, 4) is 0 Å². The molecule has 0 aliphatic rings. The molecule has 0 aromatic carbocycles. The molecule has 16 heavy (non-hydrogen) atoms. The molecule has 0 amide bonds. The summed E-state index contributed by atoms with van der Waals surface area (Å²) in [6.07, 6.45) is 0. The van der Waals surface area contributed by atoms with Gasteiger partial charge in [-0.15, -0.1) is 11.3 Å². The number of carbonyl (C=O) groups excluding carboxylic acids is 1. The number of halogens is 2. The van der Waals surface area contributed by atoms with E-state index in [4.69, 9.17) is 4.42 Å². The summed E-state index contributed by atoms with van der Waals surface area (Å²) in [7, 11) is 0. The highest BCUT2D eigenvalue weighted by Gasteiger charge is 2.19. The molecule has 0 aliphatic heterocycles. The number of thiophene rings is 1. The zero-order valence-electron chi connectivity index (χ0n) is 8.64. The molecule has 0 fully saturated rings. The van der Waals surface area contributed by atoms with Gasteiger partial charge in [0.05, 0.1) is 13.1 Å². The van der Waals surface area contributed by atoms with E-state index in [-0.39, 0.29) is 5.78 Å². The van der Waals surface area contributed by atoms with Gasteiger partial charge in [-0.2, -0.15) is 0 Å². The largest absolute Gasteiger partial charge is 0.466 e. The second kappa shape index (κ2) is 4.47. The minimum atomic E-state index is -0.0109. The van der Waals surface area contributed by atoms with E-state index in [0.717, 1.165) is 13.3 Å². The third-order valence-electron chi connectivity index (χ3n) is 2.19. The van der Waals surface area contributed by atoms with Gasteiger partial charge in [-0.1, -0.05) is 0 Å². The summed E-state index contributed by atoms with van der Waals surface area (Å²) in [6.45, 7) is 3.64. The molecule has 2 nitrogen and oxygen atoms in total. The van der Waals surface area contributed by atoms with Crippen molar-refractivity contribution in [2.45, 2.75) is 13.8 Å². The predicted molar refractivity (Wildman–Crippen MR) is 71.3 cm³/mol. The van der Waals surface area contributed by atoms with Crippen LogP contribution in [0.1, 0.15) is 27.4 Å². The summed E-state index contributed by atoms with van der Waals surface area (Å²) in [5, 5.41) is 0. The second-order valence-corrected chi connectivity index (χ2v) is 7.14. The zero-order valence-corrected chi connectivity index (χ0v) is 12.6. The van der Waals surface area contributed by atoms with Crippen molar-refractivity contribution in [2.24, 2.45) is 0 Å². The number of ketones is 1. The number of hydrogen-bond donors (Lipinski definition) is 0. The third kappa shape index (κ3) is 2.17. The molecule has 5 heteroatoms. The van der Waals surface area contributed by atoms with Crippen molar-refractivity contribution >= 4 is 49.0 Å². The zero-order chi connectivity index (χ0) is 11.9. The van der Waals surface area contributed by atoms with Crippen molar-refractivity contribution in [1.29, 1.82) is 0 Å². The van der Waals surface area contributed by atoms with Crippen LogP contribution < -0.4 is 0 Å². The molecule has 0 N–H and O–H groups in total. The van der Waals surface area contributed by atoms with Crippen LogP contribution in [-0.4, -0.2) is 5.78 Å². The first-order chi connectivity index (χ1) is 7.49. The Hall–Kier alpha value is -0.390. The van der Waals surface area contributed by atoms with E-state index in [1.807, 2.05) is 13.0 Å². The molecule has 0 spiro atoms. The second-order valence-electron chi connectivity index (χ2n) is 3.39. The van der Waals surface area contributed by atoms with Crippen LogP contribution in [0, 0.1) is 13.8 Å². The maximum Gasteiger partial charge on any atom is 0.198 e. The molecule has 2 aromatic heterocycles. The van der Waals surface area contributed by atoms with Gasteiger partial charge in [0.1, 0.15) is 11.5 Å². The first-order valence-corrected chi connectivity index (χ1v) is 6.96. The van der Waals surface area contributed by atoms with Crippen molar-refractivity contribution in [3.05, 3.63) is 42.4 Å². The van der Waals surface area contributed by atoms with Crippen LogP contribution in [0.5, 0.6) is 0 Å². The minimum absolute atomic E-state index is 0.0109. The summed E-state index contributed by atoms with van der Waals surface area (Å²) in [4.78, 5) is 12.2. The summed E-state index contributed by atoms with van der Waals surface area (Å²) in [5.74, 6) is 1.41. The molecule has 0 radical (unpaired) electrons. The highest BCUT2D eigenvalue weighted by atomic mass is 79.9. The SMILES string of the molecule is Cc1cc(C(=O)c2cc(Br)sc2Br)c(C)o1. The van der Waals surface area contributed by atoms with E-state index in [2.05, 4.69) is 31.9 Å². The first-order valence-electron chi connectivity index (χ1n) is 4.55. The van der Waals surface area contributed by atoms with Gasteiger partial charge >= 0.3 is 0 Å². The van der Waals surface area contributed by atoms with Crippen LogP contribution in [0.2, 0.25) is 0 Å². The topological polar surface area (TPSA) is 30.2 Å². The van der Waals surface area contributed by atoms with Crippen LogP contribution in [0.3, 0.4) is 0 Å². The molecule has 0 aliphatic carbocycles. The lowest BCUT2D eigenvalue weighted by Crippen LogP contribution is -2.00. The fraction of sp³-hybridized carbons (Fsp3) is 0.182. The standard InChI is InChI=1S/C11H8Br2O2S/c1-5-3-7(6(2)15-5)10(14)8-4-9(12)16-11(8)13/h3-4H,1-2H3. The molecule has 0 bridgehead atoms. The molecular weight excluding hydrogens is 356 g/mol. The fourth-order valence-corrected chi connectivity index (χ4v) is 4.29. The Morgan fingerprint density at radius 1 is 1.25 bits per heavy atom. The fourth-order valence-electron chi connectivity index (χ4n) is 1.50. The van der Waals surface area contributed by atoms with E-state index in [1.165, 1.54) is 11.3 Å². The van der Waals surface area contributed by atoms with Crippen molar-refractivity contribution in [2.75, 3.05) is 0 Å². The lowest BCUT2D eigenvalue weighted by atomic mass is 10.1. The maximum atomic E-state index is 12.2. The molecule has 2 heterocycles. The number of rotatable bonds is 2. The monoisotopic (exact) mass is 362 g/mol. The number of furan rings is 1. The average molecular weight is 364 g/mol. The molecule has 0 atom stereocenters. The Bertz CT molecular complexity index is 506. The normalized spacial score (nSPS) is 10.8. The average Bonchev–Trinajstić information content (AvgIpc) is 2.68. The highest BCUT2D eigenvalue weighted by Crippen LogP contribution is 2.33. The summed E-state index contributed by atoms with van der Waals surface area (Å²) in [5.41, 5.74) is 1.30. The van der Waals surface area contributed by atoms with Gasteiger partial charge in [-0.25, -0.2) is 0 Å². The van der Waals surface area contributed by atoms with Crippen LogP contribution in [0.25, 0.3) is 0 Å². The predicted octanol–water partition coefficient (Wildman–Crippen LogP) is 4.71. The first kappa shape index (κ1) is 12.1. The number of hydrogen-bond acceptors (Lipinski definition) is 3. The Morgan fingerprint density at radius 3 is 2.38 bits per heavy atom. The van der Waals surface area contributed by atoms with E-state index in [9.17, 15) is 4.79 Å². The third-order valence-corrected chi connectivity index (χ3v) is 4.53.